The van der Waals surface area contributed by atoms with Crippen LogP contribution in [0.1, 0.15) is 16.1 Å². The molecule has 4 rings (SSSR count). The Balaban J connectivity index is 1.37. The minimum Gasteiger partial charge on any atom is -0.454 e. The molecule has 2 aliphatic rings. The lowest BCUT2D eigenvalue weighted by atomic mass is 10.2. The Kier molecular flexibility index (Phi) is 3.15. The van der Waals surface area contributed by atoms with Crippen molar-refractivity contribution in [3.8, 4) is 11.5 Å². The van der Waals surface area contributed by atoms with Crippen LogP contribution in [0.2, 0.25) is 0 Å². The number of hydrogen-bond donors (Lipinski definition) is 1. The number of fused-ring (bicyclic) bond motifs is 2. The van der Waals surface area contributed by atoms with E-state index in [-0.39, 0.29) is 18.8 Å². The number of benzene rings is 1. The lowest BCUT2D eigenvalue weighted by Gasteiger charge is -2.23. The van der Waals surface area contributed by atoms with Gasteiger partial charge in [0.15, 0.2) is 11.5 Å². The molecule has 1 N–H and O–H groups in total. The second-order valence-corrected chi connectivity index (χ2v) is 5.12. The molecule has 0 radical (unpaired) electrons. The minimum absolute atomic E-state index is 0.118. The van der Waals surface area contributed by atoms with Crippen LogP contribution in [-0.2, 0) is 17.9 Å². The summed E-state index contributed by atoms with van der Waals surface area (Å²) in [6, 6.07) is 5.12. The number of rotatable bonds is 3. The van der Waals surface area contributed by atoms with Gasteiger partial charge in [-0.25, -0.2) is 4.68 Å². The number of hydrogen-bond acceptors (Lipinski definition) is 6. The van der Waals surface area contributed by atoms with Crippen LogP contribution in [0.15, 0.2) is 24.4 Å². The van der Waals surface area contributed by atoms with E-state index in [4.69, 9.17) is 14.2 Å². The Morgan fingerprint density at radius 3 is 3.23 bits per heavy atom. The zero-order chi connectivity index (χ0) is 14.9. The number of aromatic nitrogens is 3. The molecule has 0 aliphatic carbocycles. The van der Waals surface area contributed by atoms with Gasteiger partial charge in [-0.05, 0) is 18.2 Å². The zero-order valence-electron chi connectivity index (χ0n) is 11.7. The lowest BCUT2D eigenvalue weighted by molar-refractivity contribution is 0.00150. The third kappa shape index (κ3) is 2.37. The molecule has 1 amide bonds. The van der Waals surface area contributed by atoms with E-state index in [2.05, 4.69) is 15.6 Å². The molecule has 114 valence electrons. The Hall–Kier alpha value is -2.61. The highest BCUT2D eigenvalue weighted by Gasteiger charge is 2.21. The second kappa shape index (κ2) is 5.30. The Bertz CT molecular complexity index is 715. The maximum absolute atomic E-state index is 12.2. The van der Waals surface area contributed by atoms with Crippen molar-refractivity contribution < 1.29 is 19.0 Å². The minimum atomic E-state index is -0.175. The van der Waals surface area contributed by atoms with E-state index in [1.807, 2.05) is 0 Å². The lowest BCUT2D eigenvalue weighted by Crippen LogP contribution is -2.39. The van der Waals surface area contributed by atoms with Gasteiger partial charge in [0.05, 0.1) is 31.1 Å². The fraction of sp³-hybridized carbons (Fsp3) is 0.357. The summed E-state index contributed by atoms with van der Waals surface area (Å²) in [4.78, 5) is 12.2. The van der Waals surface area contributed by atoms with Gasteiger partial charge < -0.3 is 19.5 Å². The second-order valence-electron chi connectivity index (χ2n) is 5.12. The van der Waals surface area contributed by atoms with Crippen LogP contribution in [0.25, 0.3) is 0 Å². The molecular formula is C14H14N4O4. The molecule has 0 spiro atoms. The van der Waals surface area contributed by atoms with Crippen molar-refractivity contribution in [2.45, 2.75) is 19.3 Å². The van der Waals surface area contributed by atoms with Gasteiger partial charge in [0.25, 0.3) is 5.91 Å². The largest absolute Gasteiger partial charge is 0.454 e. The topological polar surface area (TPSA) is 87.5 Å². The van der Waals surface area contributed by atoms with E-state index in [9.17, 15) is 4.79 Å². The summed E-state index contributed by atoms with van der Waals surface area (Å²) in [6.07, 6.45) is 1.56. The van der Waals surface area contributed by atoms with Gasteiger partial charge in [0, 0.05) is 12.1 Å². The van der Waals surface area contributed by atoms with E-state index in [0.29, 0.717) is 36.8 Å². The Morgan fingerprint density at radius 2 is 2.27 bits per heavy atom. The fourth-order valence-electron chi connectivity index (χ4n) is 2.46. The number of nitrogens with zero attached hydrogens (tertiary/aromatic N) is 3. The van der Waals surface area contributed by atoms with E-state index < -0.39 is 0 Å². The molecule has 8 heteroatoms. The third-order valence-electron chi connectivity index (χ3n) is 3.67. The first-order valence-electron chi connectivity index (χ1n) is 6.96. The maximum atomic E-state index is 12.2. The third-order valence-corrected chi connectivity index (χ3v) is 3.67. The Morgan fingerprint density at radius 1 is 1.36 bits per heavy atom. The molecule has 2 aromatic rings. The first-order valence-corrected chi connectivity index (χ1v) is 6.96. The van der Waals surface area contributed by atoms with Gasteiger partial charge in [-0.3, -0.25) is 4.79 Å². The SMILES string of the molecule is O=C(NC[C@@H]1Cn2nncc2CO1)c1ccc2c(c1)OCO2. The molecule has 3 heterocycles. The van der Waals surface area contributed by atoms with Gasteiger partial charge in [0.2, 0.25) is 6.79 Å². The molecule has 2 aliphatic heterocycles. The molecule has 0 bridgehead atoms. The molecular weight excluding hydrogens is 288 g/mol. The summed E-state index contributed by atoms with van der Waals surface area (Å²) >= 11 is 0. The number of carbonyl (C=O) groups excluding carboxylic acids is 1. The average molecular weight is 302 g/mol. The van der Waals surface area contributed by atoms with E-state index in [1.165, 1.54) is 0 Å². The first kappa shape index (κ1) is 13.1. The molecule has 1 aromatic heterocycles. The van der Waals surface area contributed by atoms with Crippen molar-refractivity contribution >= 4 is 5.91 Å². The van der Waals surface area contributed by atoms with Crippen molar-refractivity contribution in [1.82, 2.24) is 20.3 Å². The van der Waals surface area contributed by atoms with Crippen LogP contribution in [0, 0.1) is 0 Å². The molecule has 22 heavy (non-hydrogen) atoms. The first-order chi connectivity index (χ1) is 10.8. The van der Waals surface area contributed by atoms with Crippen LogP contribution in [0.4, 0.5) is 0 Å². The molecule has 0 fully saturated rings. The van der Waals surface area contributed by atoms with Crippen molar-refractivity contribution in [3.63, 3.8) is 0 Å². The number of carbonyl (C=O) groups is 1. The quantitative estimate of drug-likeness (QED) is 0.879. The normalized spacial score (nSPS) is 18.8. The molecule has 8 nitrogen and oxygen atoms in total. The molecule has 0 saturated heterocycles. The summed E-state index contributed by atoms with van der Waals surface area (Å²) < 4.78 is 17.9. The van der Waals surface area contributed by atoms with Crippen LogP contribution in [0.5, 0.6) is 11.5 Å². The standard InChI is InChI=1S/C14H14N4O4/c19-14(9-1-2-12-13(3-9)22-8-21-12)15-5-11-6-18-10(7-20-11)4-16-17-18/h1-4,11H,5-8H2,(H,15,19)/t11-/m1/s1. The Labute approximate surface area is 126 Å². The fourth-order valence-corrected chi connectivity index (χ4v) is 2.46. The number of nitrogens with one attached hydrogen (secondary N) is 1. The van der Waals surface area contributed by atoms with Crippen molar-refractivity contribution in [2.24, 2.45) is 0 Å². The van der Waals surface area contributed by atoms with Crippen molar-refractivity contribution in [3.05, 3.63) is 35.7 Å². The monoisotopic (exact) mass is 302 g/mol. The molecule has 0 saturated carbocycles. The highest BCUT2D eigenvalue weighted by molar-refractivity contribution is 5.94. The van der Waals surface area contributed by atoms with Crippen LogP contribution >= 0.6 is 0 Å². The van der Waals surface area contributed by atoms with E-state index in [1.54, 1.807) is 29.1 Å². The molecule has 0 unspecified atom stereocenters. The summed E-state index contributed by atoms with van der Waals surface area (Å²) in [5, 5.41) is 10.7. The van der Waals surface area contributed by atoms with Crippen LogP contribution < -0.4 is 14.8 Å². The van der Waals surface area contributed by atoms with Crippen molar-refractivity contribution in [1.29, 1.82) is 0 Å². The summed E-state index contributed by atoms with van der Waals surface area (Å²) in [6.45, 7) is 1.64. The highest BCUT2D eigenvalue weighted by atomic mass is 16.7. The van der Waals surface area contributed by atoms with Gasteiger partial charge in [-0.15, -0.1) is 5.10 Å². The smallest absolute Gasteiger partial charge is 0.251 e. The maximum Gasteiger partial charge on any atom is 0.251 e. The van der Waals surface area contributed by atoms with Crippen molar-refractivity contribution in [2.75, 3.05) is 13.3 Å². The van der Waals surface area contributed by atoms with Gasteiger partial charge in [-0.2, -0.15) is 0 Å². The number of amides is 1. The molecule has 1 aromatic carbocycles. The predicted octanol–water partition coefficient (Wildman–Crippen LogP) is 0.336. The van der Waals surface area contributed by atoms with E-state index in [0.717, 1.165) is 5.69 Å². The van der Waals surface area contributed by atoms with Gasteiger partial charge >= 0.3 is 0 Å². The summed E-state index contributed by atoms with van der Waals surface area (Å²) in [5.41, 5.74) is 1.47. The van der Waals surface area contributed by atoms with Crippen LogP contribution in [0.3, 0.4) is 0 Å². The summed E-state index contributed by atoms with van der Waals surface area (Å²) in [5.74, 6) is 1.07. The predicted molar refractivity (Wildman–Crippen MR) is 73.5 cm³/mol. The number of ether oxygens (including phenoxy) is 3. The average Bonchev–Trinajstić information content (AvgIpc) is 3.19. The summed E-state index contributed by atoms with van der Waals surface area (Å²) in [7, 11) is 0. The van der Waals surface area contributed by atoms with Gasteiger partial charge in [-0.1, -0.05) is 5.21 Å². The van der Waals surface area contributed by atoms with E-state index >= 15 is 0 Å². The zero-order valence-corrected chi connectivity index (χ0v) is 11.7. The highest BCUT2D eigenvalue weighted by Crippen LogP contribution is 2.32. The molecule has 1 atom stereocenters. The van der Waals surface area contributed by atoms with Crippen LogP contribution in [-0.4, -0.2) is 40.3 Å². The van der Waals surface area contributed by atoms with Gasteiger partial charge in [0.1, 0.15) is 0 Å².